The minimum atomic E-state index is -0.358. The second-order valence-corrected chi connectivity index (χ2v) is 7.51. The highest BCUT2D eigenvalue weighted by Crippen LogP contribution is 2.33. The lowest BCUT2D eigenvalue weighted by Gasteiger charge is -2.23. The van der Waals surface area contributed by atoms with Gasteiger partial charge in [0.05, 0.1) is 5.92 Å². The Balaban J connectivity index is 1.94. The molecular weight excluding hydrogens is 342 g/mol. The summed E-state index contributed by atoms with van der Waals surface area (Å²) in [5, 5.41) is 5.59. The van der Waals surface area contributed by atoms with Crippen molar-refractivity contribution in [2.24, 2.45) is 11.8 Å². The van der Waals surface area contributed by atoms with Crippen molar-refractivity contribution < 1.29 is 14.4 Å². The number of hydrogen-bond acceptors (Lipinski definition) is 3. The first kappa shape index (κ1) is 20.9. The van der Waals surface area contributed by atoms with Gasteiger partial charge in [-0.1, -0.05) is 45.9 Å². The number of carbonyl (C=O) groups is 3. The molecule has 0 radical (unpaired) electrons. The van der Waals surface area contributed by atoms with E-state index in [0.717, 1.165) is 17.7 Å². The lowest BCUT2D eigenvalue weighted by molar-refractivity contribution is -0.126. The first-order valence-corrected chi connectivity index (χ1v) is 9.79. The fourth-order valence-electron chi connectivity index (χ4n) is 3.21. The summed E-state index contributed by atoms with van der Waals surface area (Å²) in [6.45, 7) is 9.08. The molecule has 0 saturated carbocycles. The van der Waals surface area contributed by atoms with Gasteiger partial charge in [-0.15, -0.1) is 0 Å². The topological polar surface area (TPSA) is 78.5 Å². The van der Waals surface area contributed by atoms with Crippen molar-refractivity contribution in [2.45, 2.75) is 46.5 Å². The van der Waals surface area contributed by atoms with Crippen LogP contribution in [-0.2, 0) is 14.4 Å². The first-order chi connectivity index (χ1) is 12.8. The summed E-state index contributed by atoms with van der Waals surface area (Å²) in [5.41, 5.74) is 2.06. The summed E-state index contributed by atoms with van der Waals surface area (Å²) in [6, 6.07) is 7.93. The zero-order valence-corrected chi connectivity index (χ0v) is 16.7. The van der Waals surface area contributed by atoms with Crippen molar-refractivity contribution in [2.75, 3.05) is 24.5 Å². The maximum atomic E-state index is 12.5. The van der Waals surface area contributed by atoms with Crippen LogP contribution in [0.15, 0.2) is 24.3 Å². The number of hydrogen-bond donors (Lipinski definition) is 2. The molecule has 1 aliphatic rings. The van der Waals surface area contributed by atoms with Crippen LogP contribution in [0.5, 0.6) is 0 Å². The van der Waals surface area contributed by atoms with Gasteiger partial charge >= 0.3 is 0 Å². The maximum Gasteiger partial charge on any atom is 0.227 e. The van der Waals surface area contributed by atoms with Crippen molar-refractivity contribution in [3.05, 3.63) is 29.8 Å². The molecule has 0 aromatic heterocycles. The van der Waals surface area contributed by atoms with Crippen LogP contribution in [-0.4, -0.2) is 37.4 Å². The largest absolute Gasteiger partial charge is 0.354 e. The van der Waals surface area contributed by atoms with Gasteiger partial charge in [0.15, 0.2) is 0 Å². The van der Waals surface area contributed by atoms with Crippen LogP contribution in [0, 0.1) is 11.8 Å². The van der Waals surface area contributed by atoms with E-state index in [2.05, 4.69) is 30.5 Å². The number of carbonyl (C=O) groups excluding carboxylic acids is 3. The molecule has 3 amide bonds. The van der Waals surface area contributed by atoms with Gasteiger partial charge in [-0.25, -0.2) is 0 Å². The summed E-state index contributed by atoms with van der Waals surface area (Å²) >= 11 is 0. The Hall–Kier alpha value is -2.37. The molecule has 27 heavy (non-hydrogen) atoms. The summed E-state index contributed by atoms with van der Waals surface area (Å²) in [5.74, 6) is -0.264. The number of nitrogens with one attached hydrogen (secondary N) is 2. The highest BCUT2D eigenvalue weighted by molar-refractivity contribution is 6.00. The summed E-state index contributed by atoms with van der Waals surface area (Å²) in [7, 11) is 0. The molecule has 1 fully saturated rings. The van der Waals surface area contributed by atoms with Gasteiger partial charge in [0.2, 0.25) is 17.7 Å². The smallest absolute Gasteiger partial charge is 0.227 e. The Labute approximate surface area is 161 Å². The van der Waals surface area contributed by atoms with Gasteiger partial charge in [-0.3, -0.25) is 14.4 Å². The number of anilines is 1. The molecular formula is C21H31N3O3. The summed E-state index contributed by atoms with van der Waals surface area (Å²) < 4.78 is 0. The normalized spacial score (nSPS) is 17.9. The third-order valence-corrected chi connectivity index (χ3v) is 5.11. The third-order valence-electron chi connectivity index (χ3n) is 5.11. The van der Waals surface area contributed by atoms with E-state index in [1.807, 2.05) is 32.0 Å². The number of nitrogens with zero attached hydrogens (tertiary/aromatic N) is 1. The maximum absolute atomic E-state index is 12.5. The average Bonchev–Trinajstić information content (AvgIpc) is 3.05. The lowest BCUT2D eigenvalue weighted by atomic mass is 9.96. The zero-order valence-electron chi connectivity index (χ0n) is 16.7. The number of rotatable bonds is 8. The van der Waals surface area contributed by atoms with Crippen molar-refractivity contribution in [1.29, 1.82) is 0 Å². The first-order valence-electron chi connectivity index (χ1n) is 9.79. The quantitative estimate of drug-likeness (QED) is 0.687. The molecule has 2 atom stereocenters. The number of benzene rings is 1. The standard InChI is InChI=1S/C21H31N3O3/c1-5-15(4)17-8-6-7-9-18(17)24-13-16(12-19(24)25)21(27)23-11-10-22-20(26)14(2)3/h6-9,14-16H,5,10-13H2,1-4H3,(H,22,26)(H,23,27). The molecule has 2 unspecified atom stereocenters. The van der Waals surface area contributed by atoms with Gasteiger partial charge < -0.3 is 15.5 Å². The molecule has 1 aromatic carbocycles. The molecule has 0 bridgehead atoms. The molecule has 1 aromatic rings. The molecule has 6 nitrogen and oxygen atoms in total. The number of amides is 3. The predicted molar refractivity (Wildman–Crippen MR) is 106 cm³/mol. The second-order valence-electron chi connectivity index (χ2n) is 7.51. The highest BCUT2D eigenvalue weighted by atomic mass is 16.2. The average molecular weight is 373 g/mol. The minimum absolute atomic E-state index is 0.0148. The number of para-hydroxylation sites is 1. The minimum Gasteiger partial charge on any atom is -0.354 e. The van der Waals surface area contributed by atoms with Crippen LogP contribution in [0.4, 0.5) is 5.69 Å². The van der Waals surface area contributed by atoms with E-state index in [0.29, 0.717) is 25.6 Å². The fraction of sp³-hybridized carbons (Fsp3) is 0.571. The molecule has 1 heterocycles. The van der Waals surface area contributed by atoms with Crippen LogP contribution in [0.3, 0.4) is 0 Å². The van der Waals surface area contributed by atoms with E-state index in [9.17, 15) is 14.4 Å². The molecule has 2 N–H and O–H groups in total. The van der Waals surface area contributed by atoms with Gasteiger partial charge in [0, 0.05) is 37.7 Å². The van der Waals surface area contributed by atoms with Crippen molar-refractivity contribution in [3.8, 4) is 0 Å². The fourth-order valence-corrected chi connectivity index (χ4v) is 3.21. The highest BCUT2D eigenvalue weighted by Gasteiger charge is 2.36. The molecule has 6 heteroatoms. The van der Waals surface area contributed by atoms with E-state index >= 15 is 0 Å². The SMILES string of the molecule is CCC(C)c1ccccc1N1CC(C(=O)NCCNC(=O)C(C)C)CC1=O. The van der Waals surface area contributed by atoms with E-state index in [4.69, 9.17) is 0 Å². The Morgan fingerprint density at radius 2 is 1.81 bits per heavy atom. The zero-order chi connectivity index (χ0) is 20.0. The molecule has 148 valence electrons. The van der Waals surface area contributed by atoms with Gasteiger partial charge in [-0.05, 0) is 24.0 Å². The van der Waals surface area contributed by atoms with Crippen LogP contribution in [0.1, 0.15) is 52.0 Å². The van der Waals surface area contributed by atoms with Crippen molar-refractivity contribution >= 4 is 23.4 Å². The molecule has 0 spiro atoms. The molecule has 2 rings (SSSR count). The lowest BCUT2D eigenvalue weighted by Crippen LogP contribution is -2.39. The Kier molecular flexibility index (Phi) is 7.39. The molecule has 1 aliphatic heterocycles. The van der Waals surface area contributed by atoms with Crippen LogP contribution in [0.25, 0.3) is 0 Å². The van der Waals surface area contributed by atoms with E-state index in [-0.39, 0.29) is 36.0 Å². The van der Waals surface area contributed by atoms with E-state index in [1.54, 1.807) is 4.90 Å². The summed E-state index contributed by atoms with van der Waals surface area (Å²) in [4.78, 5) is 38.2. The van der Waals surface area contributed by atoms with E-state index in [1.165, 1.54) is 0 Å². The van der Waals surface area contributed by atoms with Gasteiger partial charge in [0.25, 0.3) is 0 Å². The predicted octanol–water partition coefficient (Wildman–Crippen LogP) is 2.44. The third kappa shape index (κ3) is 5.31. The van der Waals surface area contributed by atoms with Crippen LogP contribution < -0.4 is 15.5 Å². The Morgan fingerprint density at radius 3 is 2.48 bits per heavy atom. The Morgan fingerprint density at radius 1 is 1.15 bits per heavy atom. The van der Waals surface area contributed by atoms with Gasteiger partial charge in [0.1, 0.15) is 0 Å². The van der Waals surface area contributed by atoms with Crippen molar-refractivity contribution in [1.82, 2.24) is 10.6 Å². The monoisotopic (exact) mass is 373 g/mol. The Bertz CT molecular complexity index is 687. The van der Waals surface area contributed by atoms with Crippen LogP contribution in [0.2, 0.25) is 0 Å². The van der Waals surface area contributed by atoms with E-state index < -0.39 is 0 Å². The van der Waals surface area contributed by atoms with Gasteiger partial charge in [-0.2, -0.15) is 0 Å². The van der Waals surface area contributed by atoms with Crippen molar-refractivity contribution in [3.63, 3.8) is 0 Å². The summed E-state index contributed by atoms with van der Waals surface area (Å²) in [6.07, 6.45) is 1.21. The molecule has 1 saturated heterocycles. The second kappa shape index (κ2) is 9.53. The molecule has 0 aliphatic carbocycles. The van der Waals surface area contributed by atoms with Crippen LogP contribution >= 0.6 is 0 Å².